The van der Waals surface area contributed by atoms with Crippen molar-refractivity contribution >= 4 is 25.4 Å². The largest absolute Gasteiger partial charge is 0.368 e. The summed E-state index contributed by atoms with van der Waals surface area (Å²) in [6, 6.07) is 0.765. The number of nitrogens with one attached hydrogen (secondary N) is 3. The van der Waals surface area contributed by atoms with Crippen LogP contribution < -0.4 is 26.6 Å². The Labute approximate surface area is 290 Å². The third kappa shape index (κ3) is 11.2. The molecule has 1 aromatic rings. The summed E-state index contributed by atoms with van der Waals surface area (Å²) in [6.45, 7) is 12.3. The molecule has 3 aliphatic carbocycles. The average molecular weight is 692 g/mol. The van der Waals surface area contributed by atoms with Gasteiger partial charge in [0.2, 0.25) is 17.8 Å². The van der Waals surface area contributed by atoms with Gasteiger partial charge < -0.3 is 35.6 Å². The number of hydrogen-bond acceptors (Lipinski definition) is 12. The third-order valence-corrected chi connectivity index (χ3v) is 13.4. The first kappa shape index (κ1) is 37.7. The van der Waals surface area contributed by atoms with E-state index in [-0.39, 0.29) is 11.5 Å². The summed E-state index contributed by atoms with van der Waals surface area (Å²) >= 11 is 0. The molecule has 1 spiro atoms. The molecule has 4 fully saturated rings. The fraction of sp³-hybridized carbons (Fsp3) is 0.914. The van der Waals surface area contributed by atoms with Gasteiger partial charge in [0.05, 0.1) is 19.4 Å². The second-order valence-electron chi connectivity index (χ2n) is 14.8. The lowest BCUT2D eigenvalue weighted by atomic mass is 9.82. The van der Waals surface area contributed by atoms with Gasteiger partial charge in [0.25, 0.3) is 0 Å². The molecular formula is C35H66N9O3P. The van der Waals surface area contributed by atoms with Gasteiger partial charge in [0.1, 0.15) is 0 Å². The van der Waals surface area contributed by atoms with Crippen LogP contribution in [0.25, 0.3) is 0 Å². The van der Waals surface area contributed by atoms with Crippen LogP contribution in [0.2, 0.25) is 0 Å². The van der Waals surface area contributed by atoms with Crippen LogP contribution in [-0.2, 0) is 13.6 Å². The Morgan fingerprint density at radius 3 is 2.27 bits per heavy atom. The van der Waals surface area contributed by atoms with Crippen molar-refractivity contribution in [2.45, 2.75) is 122 Å². The zero-order valence-corrected chi connectivity index (χ0v) is 31.0. The standard InChI is InChI=1S/C35H66N9O3P/c1-3-46-48(45,47-4-2)25-11-22-44-24-23-43(28-35(44)18-8-9-19-35)34-41-32(36)40-33(42-34)39-27-30-16-14-29(15-17-30)26-37-20-10-21-38-31-12-6-5-7-13-31/h29-31,37-38H,3-28H2,1-2H3,(H3,36,39,40,41,42). The minimum absolute atomic E-state index is 0.0772. The van der Waals surface area contributed by atoms with E-state index in [0.717, 1.165) is 83.6 Å². The zero-order chi connectivity index (χ0) is 33.7. The molecule has 0 amide bonds. The van der Waals surface area contributed by atoms with Gasteiger partial charge in [0, 0.05) is 37.8 Å². The van der Waals surface area contributed by atoms with Gasteiger partial charge in [-0.15, -0.1) is 0 Å². The van der Waals surface area contributed by atoms with Crippen molar-refractivity contribution in [3.63, 3.8) is 0 Å². The van der Waals surface area contributed by atoms with Crippen molar-refractivity contribution in [3.05, 3.63) is 0 Å². The molecule has 1 aromatic heterocycles. The van der Waals surface area contributed by atoms with Crippen molar-refractivity contribution in [1.82, 2.24) is 30.5 Å². The predicted molar refractivity (Wildman–Crippen MR) is 196 cm³/mol. The summed E-state index contributed by atoms with van der Waals surface area (Å²) in [6.07, 6.45) is 19.2. The van der Waals surface area contributed by atoms with Gasteiger partial charge in [-0.2, -0.15) is 15.0 Å². The Bertz CT molecular complexity index is 1120. The van der Waals surface area contributed by atoms with Crippen molar-refractivity contribution in [3.8, 4) is 0 Å². The van der Waals surface area contributed by atoms with Crippen LogP contribution in [0, 0.1) is 11.8 Å². The third-order valence-electron chi connectivity index (χ3n) is 11.3. The number of piperazine rings is 1. The van der Waals surface area contributed by atoms with Crippen molar-refractivity contribution in [2.24, 2.45) is 11.8 Å². The Balaban J connectivity index is 1.03. The van der Waals surface area contributed by atoms with Crippen molar-refractivity contribution < 1.29 is 13.6 Å². The molecule has 4 aliphatic rings. The maximum absolute atomic E-state index is 13.0. The van der Waals surface area contributed by atoms with E-state index in [0.29, 0.717) is 37.2 Å². The van der Waals surface area contributed by atoms with E-state index in [1.54, 1.807) is 0 Å². The first-order chi connectivity index (χ1) is 23.4. The number of hydrogen-bond donors (Lipinski definition) is 4. The monoisotopic (exact) mass is 692 g/mol. The SMILES string of the molecule is CCOP(=O)(CCCN1CCN(c2nc(N)nc(NCC3CCC(CNCCCNC4CCCCC4)CC3)n2)CC12CCCC2)OCC. The van der Waals surface area contributed by atoms with E-state index < -0.39 is 7.60 Å². The summed E-state index contributed by atoms with van der Waals surface area (Å²) in [5, 5.41) is 11.0. The highest BCUT2D eigenvalue weighted by Gasteiger charge is 2.44. The topological polar surface area (TPSA) is 143 Å². The van der Waals surface area contributed by atoms with E-state index in [1.807, 2.05) is 13.8 Å². The molecule has 5 N–H and O–H groups in total. The van der Waals surface area contributed by atoms with E-state index in [9.17, 15) is 4.57 Å². The number of nitrogens with zero attached hydrogens (tertiary/aromatic N) is 5. The normalized spacial score (nSPS) is 24.0. The Kier molecular flexibility index (Phi) is 15.0. The molecule has 3 saturated carbocycles. The van der Waals surface area contributed by atoms with Crippen molar-refractivity contribution in [1.29, 1.82) is 0 Å². The first-order valence-electron chi connectivity index (χ1n) is 19.5. The lowest BCUT2D eigenvalue weighted by Gasteiger charge is -2.49. The molecule has 0 unspecified atom stereocenters. The van der Waals surface area contributed by atoms with Crippen LogP contribution >= 0.6 is 7.60 Å². The zero-order valence-electron chi connectivity index (χ0n) is 30.1. The predicted octanol–water partition coefficient (Wildman–Crippen LogP) is 5.67. The molecule has 2 heterocycles. The van der Waals surface area contributed by atoms with Crippen LogP contribution in [0.5, 0.6) is 0 Å². The molecule has 0 bridgehead atoms. The summed E-state index contributed by atoms with van der Waals surface area (Å²) in [4.78, 5) is 18.8. The lowest BCUT2D eigenvalue weighted by Crippen LogP contribution is -2.61. The number of anilines is 3. The summed E-state index contributed by atoms with van der Waals surface area (Å²) in [5.41, 5.74) is 6.31. The highest BCUT2D eigenvalue weighted by molar-refractivity contribution is 7.53. The lowest BCUT2D eigenvalue weighted by molar-refractivity contribution is 0.0768. The van der Waals surface area contributed by atoms with Gasteiger partial charge in [-0.25, -0.2) is 0 Å². The van der Waals surface area contributed by atoms with E-state index in [2.05, 4.69) is 35.7 Å². The van der Waals surface area contributed by atoms with Gasteiger partial charge in [0.15, 0.2) is 0 Å². The van der Waals surface area contributed by atoms with Gasteiger partial charge in [-0.05, 0) is 116 Å². The molecule has 12 nitrogen and oxygen atoms in total. The second-order valence-corrected chi connectivity index (χ2v) is 17.0. The summed E-state index contributed by atoms with van der Waals surface area (Å²) in [5.74, 6) is 2.96. The Morgan fingerprint density at radius 2 is 1.56 bits per heavy atom. The molecule has 13 heteroatoms. The van der Waals surface area contributed by atoms with Crippen LogP contribution in [0.15, 0.2) is 0 Å². The van der Waals surface area contributed by atoms with Crippen LogP contribution in [0.3, 0.4) is 0 Å². The quantitative estimate of drug-likeness (QED) is 0.105. The van der Waals surface area contributed by atoms with Gasteiger partial charge >= 0.3 is 7.60 Å². The molecule has 0 radical (unpaired) electrons. The van der Waals surface area contributed by atoms with Crippen molar-refractivity contribution in [2.75, 3.05) is 87.7 Å². The molecule has 0 aromatic carbocycles. The van der Waals surface area contributed by atoms with Crippen LogP contribution in [0.4, 0.5) is 17.8 Å². The average Bonchev–Trinajstić information content (AvgIpc) is 3.55. The number of nitrogens with two attached hydrogens (primary N) is 1. The molecule has 274 valence electrons. The number of nitrogen functional groups attached to an aromatic ring is 1. The molecule has 0 atom stereocenters. The first-order valence-corrected chi connectivity index (χ1v) is 21.2. The minimum atomic E-state index is -3.02. The van der Waals surface area contributed by atoms with Crippen LogP contribution in [0.1, 0.15) is 110 Å². The van der Waals surface area contributed by atoms with Gasteiger partial charge in [-0.1, -0.05) is 32.1 Å². The maximum atomic E-state index is 13.0. The minimum Gasteiger partial charge on any atom is -0.368 e. The smallest absolute Gasteiger partial charge is 0.330 e. The number of aromatic nitrogens is 3. The fourth-order valence-corrected chi connectivity index (χ4v) is 10.3. The maximum Gasteiger partial charge on any atom is 0.330 e. The second kappa shape index (κ2) is 19.2. The number of rotatable bonds is 19. The van der Waals surface area contributed by atoms with Crippen LogP contribution in [-0.4, -0.2) is 103 Å². The summed E-state index contributed by atoms with van der Waals surface area (Å²) in [7, 11) is -3.02. The molecule has 1 saturated heterocycles. The highest BCUT2D eigenvalue weighted by atomic mass is 31.2. The fourth-order valence-electron chi connectivity index (χ4n) is 8.66. The highest BCUT2D eigenvalue weighted by Crippen LogP contribution is 2.49. The van der Waals surface area contributed by atoms with E-state index in [4.69, 9.17) is 19.8 Å². The van der Waals surface area contributed by atoms with E-state index in [1.165, 1.54) is 77.0 Å². The Morgan fingerprint density at radius 1 is 0.854 bits per heavy atom. The van der Waals surface area contributed by atoms with Gasteiger partial charge in [-0.3, -0.25) is 9.46 Å². The van der Waals surface area contributed by atoms with E-state index >= 15 is 0 Å². The molecule has 5 rings (SSSR count). The summed E-state index contributed by atoms with van der Waals surface area (Å²) < 4.78 is 24.1. The molecule has 48 heavy (non-hydrogen) atoms. The molecular weight excluding hydrogens is 625 g/mol. The Hall–Kier alpha value is -1.56. The molecule has 1 aliphatic heterocycles.